The second-order valence-electron chi connectivity index (χ2n) is 11.5. The van der Waals surface area contributed by atoms with E-state index in [2.05, 4.69) is 6.92 Å². The Hall–Kier alpha value is -0.720. The molecule has 0 aromatic rings. The molecule has 0 saturated heterocycles. The molecule has 0 aromatic heterocycles. The van der Waals surface area contributed by atoms with Crippen LogP contribution in [0.2, 0.25) is 0 Å². The molecule has 0 radical (unpaired) electrons. The van der Waals surface area contributed by atoms with Crippen molar-refractivity contribution in [2.75, 3.05) is 171 Å². The molecule has 312 valence electrons. The number of alkyl halides is 1. The number of hydrogen-bond acceptors (Lipinski definition) is 14. The molecule has 0 saturated carbocycles. The fraction of sp³-hybridized carbons (Fsp3) is 0.973. The summed E-state index contributed by atoms with van der Waals surface area (Å²) in [5.74, 6) is 0.588. The summed E-state index contributed by atoms with van der Waals surface area (Å²) in [6.07, 6.45) is 9.24. The van der Waals surface area contributed by atoms with Crippen molar-refractivity contribution in [2.24, 2.45) is 0 Å². The van der Waals surface area contributed by atoms with E-state index in [0.717, 1.165) is 57.4 Å². The highest BCUT2D eigenvalue weighted by molar-refractivity contribution is 6.17. The van der Waals surface area contributed by atoms with Gasteiger partial charge in [-0.3, -0.25) is 4.79 Å². The first-order valence-electron chi connectivity index (χ1n) is 19.5. The van der Waals surface area contributed by atoms with Gasteiger partial charge in [0.1, 0.15) is 6.61 Å². The summed E-state index contributed by atoms with van der Waals surface area (Å²) < 4.78 is 70.9. The van der Waals surface area contributed by atoms with Crippen LogP contribution < -0.4 is 0 Å². The number of carbonyl (C=O) groups excluding carboxylic acids is 1. The molecule has 0 fully saturated rings. The Balaban J connectivity index is 3.08. The lowest BCUT2D eigenvalue weighted by Crippen LogP contribution is -2.15. The highest BCUT2D eigenvalue weighted by atomic mass is 35.5. The Bertz CT molecular complexity index is 668. The number of esters is 1. The van der Waals surface area contributed by atoms with Crippen LogP contribution in [0, 0.1) is 0 Å². The monoisotopic (exact) mass is 776 g/mol. The molecule has 15 heteroatoms. The standard InChI is InChI=1S/C37H73ClO14/c1-2-3-4-7-10-37(39)52-36-35-51-34-33-50-32-31-49-30-29-48-28-27-47-26-25-46-24-23-45-22-21-44-20-19-43-18-17-42-16-15-41-14-13-40-12-9-6-5-8-11-38/h2-36H2,1H3. The van der Waals surface area contributed by atoms with E-state index in [0.29, 0.717) is 158 Å². The zero-order valence-electron chi connectivity index (χ0n) is 32.3. The zero-order valence-corrected chi connectivity index (χ0v) is 33.1. The van der Waals surface area contributed by atoms with Gasteiger partial charge in [-0.05, 0) is 19.3 Å². The average molecular weight is 777 g/mol. The maximum absolute atomic E-state index is 11.6. The summed E-state index contributed by atoms with van der Waals surface area (Å²) in [6, 6.07) is 0. The van der Waals surface area contributed by atoms with Crippen molar-refractivity contribution in [3.63, 3.8) is 0 Å². The molecule has 0 aliphatic carbocycles. The molecule has 0 rings (SSSR count). The molecule has 0 spiro atoms. The van der Waals surface area contributed by atoms with Crippen LogP contribution in [0.4, 0.5) is 0 Å². The SMILES string of the molecule is CCCCCCC(=O)OCCOCCOCCOCCOCCOCCOCCOCCOCCOCCOCCOCCOCCCCCCCl. The van der Waals surface area contributed by atoms with Crippen molar-refractivity contribution in [3.8, 4) is 0 Å². The molecule has 0 aliphatic heterocycles. The minimum Gasteiger partial charge on any atom is -0.463 e. The summed E-state index contributed by atoms with van der Waals surface area (Å²) in [5.41, 5.74) is 0. The first-order chi connectivity index (χ1) is 25.8. The Morgan fingerprint density at radius 3 is 0.904 bits per heavy atom. The van der Waals surface area contributed by atoms with Crippen molar-refractivity contribution >= 4 is 17.6 Å². The molecular weight excluding hydrogens is 704 g/mol. The van der Waals surface area contributed by atoms with Gasteiger partial charge in [0.05, 0.1) is 152 Å². The van der Waals surface area contributed by atoms with Crippen molar-refractivity contribution in [1.82, 2.24) is 0 Å². The predicted molar refractivity (Wildman–Crippen MR) is 199 cm³/mol. The van der Waals surface area contributed by atoms with Crippen LogP contribution >= 0.6 is 11.6 Å². The van der Waals surface area contributed by atoms with Crippen LogP contribution in [0.5, 0.6) is 0 Å². The Labute approximate surface area is 319 Å². The maximum atomic E-state index is 11.6. The van der Waals surface area contributed by atoms with Crippen molar-refractivity contribution in [3.05, 3.63) is 0 Å². The minimum absolute atomic E-state index is 0.153. The fourth-order valence-corrected chi connectivity index (χ4v) is 4.34. The summed E-state index contributed by atoms with van der Waals surface area (Å²) in [5, 5.41) is 0. The van der Waals surface area contributed by atoms with Crippen LogP contribution in [-0.4, -0.2) is 177 Å². The first kappa shape index (κ1) is 51.3. The van der Waals surface area contributed by atoms with Crippen molar-refractivity contribution in [2.45, 2.75) is 64.7 Å². The van der Waals surface area contributed by atoms with Crippen LogP contribution in [-0.2, 0) is 66.4 Å². The van der Waals surface area contributed by atoms with Gasteiger partial charge >= 0.3 is 5.97 Å². The molecule has 0 atom stereocenters. The number of unbranched alkanes of at least 4 members (excludes halogenated alkanes) is 6. The number of hydrogen-bond donors (Lipinski definition) is 0. The van der Waals surface area contributed by atoms with Crippen molar-refractivity contribution in [1.29, 1.82) is 0 Å². The van der Waals surface area contributed by atoms with Gasteiger partial charge in [-0.15, -0.1) is 11.6 Å². The van der Waals surface area contributed by atoms with Crippen LogP contribution in [0.25, 0.3) is 0 Å². The van der Waals surface area contributed by atoms with Gasteiger partial charge in [0.2, 0.25) is 0 Å². The second-order valence-corrected chi connectivity index (χ2v) is 11.9. The predicted octanol–water partition coefficient (Wildman–Crippen LogP) is 4.50. The molecule has 0 amide bonds. The van der Waals surface area contributed by atoms with E-state index in [1.54, 1.807) is 0 Å². The van der Waals surface area contributed by atoms with Gasteiger partial charge < -0.3 is 61.6 Å². The van der Waals surface area contributed by atoms with Crippen LogP contribution in [0.15, 0.2) is 0 Å². The lowest BCUT2D eigenvalue weighted by molar-refractivity contribution is -0.145. The van der Waals surface area contributed by atoms with E-state index in [1.807, 2.05) is 0 Å². The van der Waals surface area contributed by atoms with E-state index >= 15 is 0 Å². The smallest absolute Gasteiger partial charge is 0.305 e. The van der Waals surface area contributed by atoms with Gasteiger partial charge in [-0.2, -0.15) is 0 Å². The Kier molecular flexibility index (Phi) is 47.6. The van der Waals surface area contributed by atoms with Gasteiger partial charge in [-0.1, -0.05) is 39.0 Å². The third kappa shape index (κ3) is 47.3. The third-order valence-corrected chi connectivity index (χ3v) is 7.26. The van der Waals surface area contributed by atoms with Gasteiger partial charge in [0.25, 0.3) is 0 Å². The van der Waals surface area contributed by atoms with Gasteiger partial charge in [0, 0.05) is 18.9 Å². The molecule has 52 heavy (non-hydrogen) atoms. The van der Waals surface area contributed by atoms with Crippen molar-refractivity contribution < 1.29 is 66.4 Å². The molecule has 0 aromatic carbocycles. The van der Waals surface area contributed by atoms with Crippen LogP contribution in [0.3, 0.4) is 0 Å². The third-order valence-electron chi connectivity index (χ3n) is 6.99. The molecular formula is C37H73ClO14. The molecule has 0 aliphatic rings. The van der Waals surface area contributed by atoms with Gasteiger partial charge in [0.15, 0.2) is 0 Å². The van der Waals surface area contributed by atoms with E-state index in [1.165, 1.54) is 6.42 Å². The highest BCUT2D eigenvalue weighted by Crippen LogP contribution is 2.03. The second kappa shape index (κ2) is 48.3. The number of carbonyl (C=O) groups is 1. The molecule has 0 heterocycles. The summed E-state index contributed by atoms with van der Waals surface area (Å²) in [7, 11) is 0. The maximum Gasteiger partial charge on any atom is 0.305 e. The van der Waals surface area contributed by atoms with E-state index in [9.17, 15) is 4.79 Å². The normalized spacial score (nSPS) is 11.5. The lowest BCUT2D eigenvalue weighted by atomic mass is 10.2. The zero-order chi connectivity index (χ0) is 37.5. The molecule has 0 bridgehead atoms. The minimum atomic E-state index is -0.153. The van der Waals surface area contributed by atoms with Crippen LogP contribution in [0.1, 0.15) is 64.7 Å². The molecule has 0 N–H and O–H groups in total. The summed E-state index contributed by atoms with van der Waals surface area (Å²) in [6.45, 7) is 14.8. The van der Waals surface area contributed by atoms with E-state index in [4.69, 9.17) is 73.2 Å². The number of rotatable bonds is 47. The Morgan fingerprint density at radius 2 is 0.596 bits per heavy atom. The summed E-state index contributed by atoms with van der Waals surface area (Å²) >= 11 is 5.66. The van der Waals surface area contributed by atoms with E-state index < -0.39 is 0 Å². The van der Waals surface area contributed by atoms with E-state index in [-0.39, 0.29) is 12.6 Å². The first-order valence-corrected chi connectivity index (χ1v) is 20.0. The molecule has 0 unspecified atom stereocenters. The number of halogens is 1. The molecule has 14 nitrogen and oxygen atoms in total. The fourth-order valence-electron chi connectivity index (χ4n) is 4.16. The summed E-state index contributed by atoms with van der Waals surface area (Å²) in [4.78, 5) is 11.6. The quantitative estimate of drug-likeness (QED) is 0.0488. The number of ether oxygens (including phenoxy) is 13. The Morgan fingerprint density at radius 1 is 0.327 bits per heavy atom. The largest absolute Gasteiger partial charge is 0.463 e. The van der Waals surface area contributed by atoms with Gasteiger partial charge in [-0.25, -0.2) is 0 Å². The lowest BCUT2D eigenvalue weighted by Gasteiger charge is -2.09. The topological polar surface area (TPSA) is 137 Å². The average Bonchev–Trinajstić information content (AvgIpc) is 3.15. The highest BCUT2D eigenvalue weighted by Gasteiger charge is 2.02.